The number of methoxy groups -OCH3 is 2. The molecule has 4 rings (SSSR count). The molecule has 3 aromatic rings. The predicted molar refractivity (Wildman–Crippen MR) is 128 cm³/mol. The number of aryl methyl sites for hydroxylation is 1. The fourth-order valence-electron chi connectivity index (χ4n) is 3.92. The van der Waals surface area contributed by atoms with Gasteiger partial charge in [0, 0.05) is 21.6 Å². The van der Waals surface area contributed by atoms with Gasteiger partial charge in [0.05, 0.1) is 20.8 Å². The highest BCUT2D eigenvalue weighted by atomic mass is 79.9. The van der Waals surface area contributed by atoms with E-state index in [9.17, 15) is 4.79 Å². The van der Waals surface area contributed by atoms with Gasteiger partial charge in [-0.2, -0.15) is 4.98 Å². The van der Waals surface area contributed by atoms with E-state index in [1.165, 1.54) is 0 Å². The maximum Gasteiger partial charge on any atom is 0.241 e. The Morgan fingerprint density at radius 2 is 1.91 bits per heavy atom. The summed E-state index contributed by atoms with van der Waals surface area (Å²) in [7, 11) is 3.19. The van der Waals surface area contributed by atoms with Crippen LogP contribution >= 0.6 is 15.9 Å². The lowest BCUT2D eigenvalue weighted by atomic mass is 9.96. The van der Waals surface area contributed by atoms with Crippen molar-refractivity contribution in [3.8, 4) is 22.9 Å². The van der Waals surface area contributed by atoms with E-state index in [1.807, 2.05) is 43.3 Å². The normalized spacial score (nSPS) is 14.8. The monoisotopic (exact) mass is 514 g/mol. The van der Waals surface area contributed by atoms with E-state index < -0.39 is 0 Å². The highest BCUT2D eigenvalue weighted by Crippen LogP contribution is 2.31. The quantitative estimate of drug-likeness (QED) is 0.489. The largest absolute Gasteiger partial charge is 0.493 e. The van der Waals surface area contributed by atoms with Crippen LogP contribution in [0.5, 0.6) is 11.5 Å². The van der Waals surface area contributed by atoms with Gasteiger partial charge in [-0.05, 0) is 74.8 Å². The van der Waals surface area contributed by atoms with Crippen molar-refractivity contribution in [2.24, 2.45) is 5.92 Å². The van der Waals surface area contributed by atoms with Gasteiger partial charge in [-0.1, -0.05) is 21.1 Å². The first-order valence-corrected chi connectivity index (χ1v) is 11.6. The molecule has 1 aromatic heterocycles. The van der Waals surface area contributed by atoms with Crippen LogP contribution in [0.4, 0.5) is 5.69 Å². The molecule has 1 aliphatic heterocycles. The van der Waals surface area contributed by atoms with E-state index in [0.29, 0.717) is 29.8 Å². The zero-order valence-corrected chi connectivity index (χ0v) is 20.5. The van der Waals surface area contributed by atoms with E-state index >= 15 is 0 Å². The summed E-state index contributed by atoms with van der Waals surface area (Å²) in [6.07, 6.45) is 1.58. The Hall–Kier alpha value is -2.91. The number of halogens is 1. The smallest absolute Gasteiger partial charge is 0.241 e. The minimum atomic E-state index is -0.00443. The number of aromatic nitrogens is 2. The molecule has 2 aromatic carbocycles. The minimum Gasteiger partial charge on any atom is -0.493 e. The topological polar surface area (TPSA) is 89.7 Å². The zero-order valence-electron chi connectivity index (χ0n) is 18.9. The second-order valence-electron chi connectivity index (χ2n) is 8.09. The summed E-state index contributed by atoms with van der Waals surface area (Å²) >= 11 is 3.49. The summed E-state index contributed by atoms with van der Waals surface area (Å²) in [5, 5.41) is 7.15. The predicted octanol–water partition coefficient (Wildman–Crippen LogP) is 4.68. The van der Waals surface area contributed by atoms with Gasteiger partial charge >= 0.3 is 0 Å². The molecule has 1 fully saturated rings. The summed E-state index contributed by atoms with van der Waals surface area (Å²) in [6, 6.07) is 11.3. The average molecular weight is 515 g/mol. The first-order valence-electron chi connectivity index (χ1n) is 10.8. The van der Waals surface area contributed by atoms with E-state index in [0.717, 1.165) is 47.2 Å². The van der Waals surface area contributed by atoms with E-state index in [2.05, 4.69) is 36.3 Å². The van der Waals surface area contributed by atoms with Crippen LogP contribution in [-0.4, -0.2) is 48.3 Å². The number of anilines is 1. The van der Waals surface area contributed by atoms with Crippen molar-refractivity contribution in [3.05, 3.63) is 52.3 Å². The van der Waals surface area contributed by atoms with Crippen molar-refractivity contribution in [2.75, 3.05) is 32.6 Å². The first-order chi connectivity index (χ1) is 16.0. The van der Waals surface area contributed by atoms with Gasteiger partial charge in [0.1, 0.15) is 0 Å². The van der Waals surface area contributed by atoms with Crippen LogP contribution in [0.15, 0.2) is 45.4 Å². The molecule has 1 amide bonds. The second kappa shape index (κ2) is 10.4. The molecule has 0 saturated carbocycles. The number of nitrogens with zero attached hydrogens (tertiary/aromatic N) is 3. The zero-order chi connectivity index (χ0) is 23.4. The lowest BCUT2D eigenvalue weighted by Crippen LogP contribution is -2.37. The third-order valence-corrected chi connectivity index (χ3v) is 6.74. The summed E-state index contributed by atoms with van der Waals surface area (Å²) in [6.45, 7) is 4.16. The van der Waals surface area contributed by atoms with Crippen LogP contribution in [0.3, 0.4) is 0 Å². The average Bonchev–Trinajstić information content (AvgIpc) is 3.30. The molecular weight excluding hydrogens is 488 g/mol. The van der Waals surface area contributed by atoms with Crippen molar-refractivity contribution in [1.29, 1.82) is 0 Å². The molecule has 8 nitrogen and oxygen atoms in total. The summed E-state index contributed by atoms with van der Waals surface area (Å²) < 4.78 is 17.1. The summed E-state index contributed by atoms with van der Waals surface area (Å²) in [4.78, 5) is 19.5. The van der Waals surface area contributed by atoms with Crippen LogP contribution < -0.4 is 14.8 Å². The van der Waals surface area contributed by atoms with E-state index in [4.69, 9.17) is 14.0 Å². The van der Waals surface area contributed by atoms with Crippen LogP contribution in [0.2, 0.25) is 0 Å². The number of rotatable bonds is 7. The van der Waals surface area contributed by atoms with Crippen molar-refractivity contribution in [2.45, 2.75) is 26.3 Å². The number of hydrogen-bond donors (Lipinski definition) is 1. The molecule has 0 bridgehead atoms. The maximum atomic E-state index is 12.7. The Bertz CT molecular complexity index is 1130. The number of ether oxygens (including phenoxy) is 2. The number of hydrogen-bond acceptors (Lipinski definition) is 7. The van der Waals surface area contributed by atoms with Crippen LogP contribution in [-0.2, 0) is 11.3 Å². The molecule has 1 N–H and O–H groups in total. The van der Waals surface area contributed by atoms with Gasteiger partial charge in [0.25, 0.3) is 0 Å². The SMILES string of the molecule is COc1ccc(-c2noc(CN3CCC(C(=O)Nc4ccc(Br)c(C)c4)CC3)n2)cc1OC. The maximum absolute atomic E-state index is 12.7. The van der Waals surface area contributed by atoms with Gasteiger partial charge in [-0.3, -0.25) is 9.69 Å². The molecular formula is C24H27BrN4O4. The molecule has 33 heavy (non-hydrogen) atoms. The van der Waals surface area contributed by atoms with Crippen LogP contribution in [0.25, 0.3) is 11.4 Å². The Morgan fingerprint density at radius 1 is 1.15 bits per heavy atom. The van der Waals surface area contributed by atoms with Gasteiger partial charge < -0.3 is 19.3 Å². The number of likely N-dealkylation sites (tertiary alicyclic amines) is 1. The molecule has 2 heterocycles. The van der Waals surface area contributed by atoms with Crippen molar-refractivity contribution >= 4 is 27.5 Å². The molecule has 1 saturated heterocycles. The van der Waals surface area contributed by atoms with Crippen LogP contribution in [0, 0.1) is 12.8 Å². The lowest BCUT2D eigenvalue weighted by molar-refractivity contribution is -0.121. The van der Waals surface area contributed by atoms with Crippen molar-refractivity contribution < 1.29 is 18.8 Å². The van der Waals surface area contributed by atoms with Gasteiger partial charge in [0.2, 0.25) is 17.6 Å². The number of benzene rings is 2. The van der Waals surface area contributed by atoms with Gasteiger partial charge in [0.15, 0.2) is 11.5 Å². The molecule has 0 spiro atoms. The van der Waals surface area contributed by atoms with Crippen molar-refractivity contribution in [3.63, 3.8) is 0 Å². The lowest BCUT2D eigenvalue weighted by Gasteiger charge is -2.30. The molecule has 9 heteroatoms. The third-order valence-electron chi connectivity index (χ3n) is 5.85. The Labute approximate surface area is 201 Å². The Balaban J connectivity index is 1.31. The summed E-state index contributed by atoms with van der Waals surface area (Å²) in [5.74, 6) is 2.38. The fraction of sp³-hybridized carbons (Fsp3) is 0.375. The fourth-order valence-corrected chi connectivity index (χ4v) is 4.17. The number of nitrogens with one attached hydrogen (secondary N) is 1. The highest BCUT2D eigenvalue weighted by Gasteiger charge is 2.26. The summed E-state index contributed by atoms with van der Waals surface area (Å²) in [5.41, 5.74) is 2.72. The molecule has 174 valence electrons. The van der Waals surface area contributed by atoms with Crippen molar-refractivity contribution in [1.82, 2.24) is 15.0 Å². The molecule has 0 unspecified atom stereocenters. The minimum absolute atomic E-state index is 0.00443. The molecule has 0 aliphatic carbocycles. The van der Waals surface area contributed by atoms with E-state index in [1.54, 1.807) is 14.2 Å². The Kier molecular flexibility index (Phi) is 7.29. The molecule has 0 radical (unpaired) electrons. The molecule has 0 atom stereocenters. The highest BCUT2D eigenvalue weighted by molar-refractivity contribution is 9.10. The molecule has 1 aliphatic rings. The van der Waals surface area contributed by atoms with E-state index in [-0.39, 0.29) is 11.8 Å². The number of carbonyl (C=O) groups is 1. The van der Waals surface area contributed by atoms with Gasteiger partial charge in [-0.25, -0.2) is 0 Å². The Morgan fingerprint density at radius 3 is 2.61 bits per heavy atom. The van der Waals surface area contributed by atoms with Crippen LogP contribution in [0.1, 0.15) is 24.3 Å². The number of piperidine rings is 1. The third kappa shape index (κ3) is 5.54. The number of amides is 1. The number of carbonyl (C=O) groups excluding carboxylic acids is 1. The van der Waals surface area contributed by atoms with Gasteiger partial charge in [-0.15, -0.1) is 0 Å². The first kappa shape index (κ1) is 23.3. The standard InChI is InChI=1S/C24H27BrN4O4/c1-15-12-18(5-6-19(15)25)26-24(30)16-8-10-29(11-9-16)14-22-27-23(28-33-22)17-4-7-20(31-2)21(13-17)32-3/h4-7,12-13,16H,8-11,14H2,1-3H3,(H,26,30). The second-order valence-corrected chi connectivity index (χ2v) is 8.94.